The van der Waals surface area contributed by atoms with E-state index in [1.54, 1.807) is 19.9 Å². The molecule has 0 bridgehead atoms. The molecule has 6 nitrogen and oxygen atoms in total. The molecule has 0 saturated heterocycles. The quantitative estimate of drug-likeness (QED) is 0.695. The number of aliphatic hydroxyl groups is 1. The van der Waals surface area contributed by atoms with Crippen molar-refractivity contribution in [1.82, 2.24) is 10.6 Å². The van der Waals surface area contributed by atoms with Gasteiger partial charge in [0.2, 0.25) is 5.91 Å². The van der Waals surface area contributed by atoms with Crippen LogP contribution in [0.15, 0.2) is 10.5 Å². The molecule has 0 aliphatic heterocycles. The van der Waals surface area contributed by atoms with E-state index >= 15 is 0 Å². The van der Waals surface area contributed by atoms with Crippen LogP contribution >= 0.6 is 0 Å². The minimum absolute atomic E-state index is 0.00146. The van der Waals surface area contributed by atoms with E-state index in [0.717, 1.165) is 0 Å². The molecule has 0 aliphatic carbocycles. The van der Waals surface area contributed by atoms with Crippen LogP contribution in [0.4, 0.5) is 0 Å². The lowest BCUT2D eigenvalue weighted by molar-refractivity contribution is -0.120. The highest BCUT2D eigenvalue weighted by Crippen LogP contribution is 2.12. The molecule has 0 aliphatic rings. The number of rotatable bonds is 6. The van der Waals surface area contributed by atoms with Crippen LogP contribution in [0.25, 0.3) is 0 Å². The largest absolute Gasteiger partial charge is 0.466 e. The summed E-state index contributed by atoms with van der Waals surface area (Å²) in [6, 6.07) is 1.64. The average Bonchev–Trinajstić information content (AvgIpc) is 2.72. The fourth-order valence-corrected chi connectivity index (χ4v) is 1.53. The number of furan rings is 1. The molecule has 1 aromatic heterocycles. The summed E-state index contributed by atoms with van der Waals surface area (Å²) in [6.45, 7) is 5.57. The van der Waals surface area contributed by atoms with Crippen molar-refractivity contribution in [2.24, 2.45) is 5.92 Å². The Labute approximate surface area is 112 Å². The fraction of sp³-hybridized carbons (Fsp3) is 0.538. The molecule has 0 spiro atoms. The topological polar surface area (TPSA) is 91.6 Å². The number of carbonyl (C=O) groups is 2. The predicted molar refractivity (Wildman–Crippen MR) is 69.8 cm³/mol. The molecule has 0 saturated carbocycles. The Kier molecular flexibility index (Phi) is 5.57. The van der Waals surface area contributed by atoms with Gasteiger partial charge in [-0.3, -0.25) is 9.59 Å². The zero-order valence-electron chi connectivity index (χ0n) is 11.4. The number of hydrogen-bond donors (Lipinski definition) is 3. The molecule has 2 amide bonds. The second-order valence-corrected chi connectivity index (χ2v) is 4.60. The number of aryl methyl sites for hydroxylation is 2. The van der Waals surface area contributed by atoms with Gasteiger partial charge in [-0.05, 0) is 25.8 Å². The van der Waals surface area contributed by atoms with Crippen molar-refractivity contribution in [2.75, 3.05) is 19.7 Å². The third-order valence-electron chi connectivity index (χ3n) is 2.65. The maximum atomic E-state index is 11.8. The van der Waals surface area contributed by atoms with Crippen molar-refractivity contribution in [1.29, 1.82) is 0 Å². The normalized spacial score (nSPS) is 12.0. The first-order valence-electron chi connectivity index (χ1n) is 6.16. The highest BCUT2D eigenvalue weighted by atomic mass is 16.3. The lowest BCUT2D eigenvalue weighted by Gasteiger charge is -2.10. The molecule has 106 valence electrons. The lowest BCUT2D eigenvalue weighted by Crippen LogP contribution is -2.39. The zero-order valence-corrected chi connectivity index (χ0v) is 11.4. The third kappa shape index (κ3) is 4.75. The van der Waals surface area contributed by atoms with Crippen LogP contribution < -0.4 is 10.6 Å². The maximum absolute atomic E-state index is 11.8. The van der Waals surface area contributed by atoms with E-state index in [1.165, 1.54) is 0 Å². The Morgan fingerprint density at radius 3 is 2.58 bits per heavy atom. The van der Waals surface area contributed by atoms with E-state index in [4.69, 9.17) is 9.52 Å². The summed E-state index contributed by atoms with van der Waals surface area (Å²) >= 11 is 0. The molecule has 1 atom stereocenters. The maximum Gasteiger partial charge on any atom is 0.255 e. The summed E-state index contributed by atoms with van der Waals surface area (Å²) in [5.41, 5.74) is 0.439. The monoisotopic (exact) mass is 268 g/mol. The third-order valence-corrected chi connectivity index (χ3v) is 2.65. The minimum Gasteiger partial charge on any atom is -0.466 e. The van der Waals surface area contributed by atoms with Gasteiger partial charge in [-0.15, -0.1) is 0 Å². The molecule has 0 aromatic carbocycles. The fourth-order valence-electron chi connectivity index (χ4n) is 1.53. The van der Waals surface area contributed by atoms with E-state index in [2.05, 4.69) is 10.6 Å². The molecule has 1 rings (SSSR count). The number of hydrogen-bond acceptors (Lipinski definition) is 4. The van der Waals surface area contributed by atoms with Crippen molar-refractivity contribution >= 4 is 11.8 Å². The van der Waals surface area contributed by atoms with Crippen molar-refractivity contribution in [3.8, 4) is 0 Å². The molecule has 1 heterocycles. The molecular formula is C13H20N2O4. The van der Waals surface area contributed by atoms with E-state index in [0.29, 0.717) is 23.6 Å². The highest BCUT2D eigenvalue weighted by molar-refractivity contribution is 5.97. The van der Waals surface area contributed by atoms with Gasteiger partial charge >= 0.3 is 0 Å². The first kappa shape index (κ1) is 15.2. The van der Waals surface area contributed by atoms with E-state index in [-0.39, 0.29) is 30.9 Å². The number of carbonyl (C=O) groups excluding carboxylic acids is 2. The van der Waals surface area contributed by atoms with Gasteiger partial charge in [-0.2, -0.15) is 0 Å². The Morgan fingerprint density at radius 1 is 1.37 bits per heavy atom. The first-order chi connectivity index (χ1) is 8.93. The van der Waals surface area contributed by atoms with Gasteiger partial charge in [0.1, 0.15) is 11.5 Å². The minimum atomic E-state index is -0.334. The van der Waals surface area contributed by atoms with Gasteiger partial charge in [0.25, 0.3) is 5.91 Å². The number of amides is 2. The smallest absolute Gasteiger partial charge is 0.255 e. The Morgan fingerprint density at radius 2 is 2.05 bits per heavy atom. The van der Waals surface area contributed by atoms with Crippen LogP contribution in [-0.2, 0) is 4.79 Å². The molecule has 1 unspecified atom stereocenters. The van der Waals surface area contributed by atoms with Crippen molar-refractivity contribution in [3.63, 3.8) is 0 Å². The Hall–Kier alpha value is -1.82. The summed E-state index contributed by atoms with van der Waals surface area (Å²) < 4.78 is 5.25. The molecule has 19 heavy (non-hydrogen) atoms. The summed E-state index contributed by atoms with van der Waals surface area (Å²) in [5.74, 6) is 0.567. The van der Waals surface area contributed by atoms with E-state index < -0.39 is 0 Å². The molecule has 0 radical (unpaired) electrons. The molecule has 1 aromatic rings. The average molecular weight is 268 g/mol. The van der Waals surface area contributed by atoms with Crippen LogP contribution in [-0.4, -0.2) is 36.6 Å². The molecule has 3 N–H and O–H groups in total. The Balaban J connectivity index is 2.38. The summed E-state index contributed by atoms with van der Waals surface area (Å²) in [5, 5.41) is 14.0. The van der Waals surface area contributed by atoms with Gasteiger partial charge in [-0.1, -0.05) is 6.92 Å². The molecule has 6 heteroatoms. The van der Waals surface area contributed by atoms with Crippen LogP contribution in [0, 0.1) is 19.8 Å². The standard InChI is InChI=1S/C13H20N2O4/c1-8(7-16)5-14-12(17)6-15-13(18)11-4-9(2)19-10(11)3/h4,8,16H,5-7H2,1-3H3,(H,14,17)(H,15,18). The zero-order chi connectivity index (χ0) is 14.4. The summed E-state index contributed by atoms with van der Waals surface area (Å²) in [6.07, 6.45) is 0. The number of aliphatic hydroxyl groups excluding tert-OH is 1. The van der Waals surface area contributed by atoms with Crippen molar-refractivity contribution in [2.45, 2.75) is 20.8 Å². The van der Waals surface area contributed by atoms with Gasteiger partial charge in [0, 0.05) is 13.2 Å². The van der Waals surface area contributed by atoms with Crippen LogP contribution in [0.1, 0.15) is 28.8 Å². The van der Waals surface area contributed by atoms with Crippen LogP contribution in [0.2, 0.25) is 0 Å². The molecule has 0 fully saturated rings. The first-order valence-corrected chi connectivity index (χ1v) is 6.16. The number of nitrogens with one attached hydrogen (secondary N) is 2. The van der Waals surface area contributed by atoms with Gasteiger partial charge in [0.05, 0.1) is 12.1 Å². The highest BCUT2D eigenvalue weighted by Gasteiger charge is 2.14. The SMILES string of the molecule is Cc1cc(C(=O)NCC(=O)NCC(C)CO)c(C)o1. The van der Waals surface area contributed by atoms with Crippen molar-refractivity contribution < 1.29 is 19.1 Å². The second kappa shape index (κ2) is 6.94. The van der Waals surface area contributed by atoms with E-state index in [9.17, 15) is 9.59 Å². The summed E-state index contributed by atoms with van der Waals surface area (Å²) in [4.78, 5) is 23.2. The van der Waals surface area contributed by atoms with E-state index in [1.807, 2.05) is 6.92 Å². The van der Waals surface area contributed by atoms with Crippen LogP contribution in [0.5, 0.6) is 0 Å². The van der Waals surface area contributed by atoms with Crippen molar-refractivity contribution in [3.05, 3.63) is 23.2 Å². The molecular weight excluding hydrogens is 248 g/mol. The van der Waals surface area contributed by atoms with Gasteiger partial charge in [0.15, 0.2) is 0 Å². The predicted octanol–water partition coefficient (Wildman–Crippen LogP) is 0.371. The van der Waals surface area contributed by atoms with Gasteiger partial charge in [-0.25, -0.2) is 0 Å². The second-order valence-electron chi connectivity index (χ2n) is 4.60. The lowest BCUT2D eigenvalue weighted by atomic mass is 10.2. The van der Waals surface area contributed by atoms with Crippen LogP contribution in [0.3, 0.4) is 0 Å². The summed E-state index contributed by atoms with van der Waals surface area (Å²) in [7, 11) is 0. The Bertz CT molecular complexity index is 453. The van der Waals surface area contributed by atoms with Gasteiger partial charge < -0.3 is 20.2 Å².